The van der Waals surface area contributed by atoms with Gasteiger partial charge < -0.3 is 26.7 Å². The van der Waals surface area contributed by atoms with Crippen molar-refractivity contribution >= 4 is 15.5 Å². The second kappa shape index (κ2) is 14.4. The van der Waals surface area contributed by atoms with E-state index in [1.807, 2.05) is 6.92 Å². The average molecular weight is 429 g/mol. The van der Waals surface area contributed by atoms with Crippen LogP contribution in [0.2, 0.25) is 0 Å². The molecule has 0 aromatic carbocycles. The highest BCUT2D eigenvalue weighted by Gasteiger charge is 2.33. The second-order valence-electron chi connectivity index (χ2n) is 6.13. The standard InChI is InChI=1S/C15H30N2O7P2.H3N/c1-13(2)7-5-8-14(3)9-6-10-15(4)11-12-23-26(22,17-19)24-25(20,21)16-18;/h7,9,11H,5-6,8,10,12,16-17H2,1-4H3,(H,20,21);1H3/b14-9+,15-11+;. The van der Waals surface area contributed by atoms with E-state index in [1.54, 1.807) is 6.08 Å². The van der Waals surface area contributed by atoms with Gasteiger partial charge in [-0.3, -0.25) is 9.77 Å². The van der Waals surface area contributed by atoms with E-state index < -0.39 is 20.7 Å². The van der Waals surface area contributed by atoms with E-state index in [4.69, 9.17) is 4.52 Å². The summed E-state index contributed by atoms with van der Waals surface area (Å²) in [6.45, 7) is 7.79. The summed E-state index contributed by atoms with van der Waals surface area (Å²) >= 11 is 0. The minimum Gasteiger partial charge on any atom is -0.729 e. The van der Waals surface area contributed by atoms with Crippen molar-refractivity contribution in [2.75, 3.05) is 6.61 Å². The van der Waals surface area contributed by atoms with Gasteiger partial charge in [-0.05, 0) is 53.4 Å². The van der Waals surface area contributed by atoms with Gasteiger partial charge in [0.2, 0.25) is 0 Å². The van der Waals surface area contributed by atoms with Crippen LogP contribution in [-0.4, -0.2) is 6.61 Å². The highest BCUT2D eigenvalue weighted by molar-refractivity contribution is 7.59. The van der Waals surface area contributed by atoms with E-state index in [1.165, 1.54) is 11.1 Å². The predicted octanol–water partition coefficient (Wildman–Crippen LogP) is 2.51. The highest BCUT2D eigenvalue weighted by atomic mass is 31.3. The van der Waals surface area contributed by atoms with Crippen LogP contribution in [0.25, 0.3) is 0 Å². The Labute approximate surface area is 161 Å². The number of quaternary nitrogens is 3. The van der Waals surface area contributed by atoms with Crippen LogP contribution in [-0.2, 0) is 18.0 Å². The zero-order valence-electron chi connectivity index (χ0n) is 16.7. The van der Waals surface area contributed by atoms with Gasteiger partial charge in [-0.1, -0.05) is 34.9 Å². The molecule has 2 unspecified atom stereocenters. The van der Waals surface area contributed by atoms with E-state index >= 15 is 0 Å². The zero-order valence-corrected chi connectivity index (χ0v) is 18.5. The van der Waals surface area contributed by atoms with Gasteiger partial charge >= 0.3 is 15.5 Å². The van der Waals surface area contributed by atoms with Crippen molar-refractivity contribution in [1.82, 2.24) is 6.15 Å². The van der Waals surface area contributed by atoms with Gasteiger partial charge in [0.05, 0.1) is 6.61 Å². The van der Waals surface area contributed by atoms with Crippen LogP contribution in [0.4, 0.5) is 0 Å². The van der Waals surface area contributed by atoms with Crippen LogP contribution < -0.4 is 21.5 Å². The molecule has 2 atom stereocenters. The van der Waals surface area contributed by atoms with Crippen molar-refractivity contribution in [3.63, 3.8) is 0 Å². The molecule has 0 aromatic rings. The van der Waals surface area contributed by atoms with Crippen LogP contribution in [0.15, 0.2) is 34.9 Å². The Kier molecular flexibility index (Phi) is 15.2. The van der Waals surface area contributed by atoms with E-state index in [9.17, 15) is 24.4 Å². The lowest BCUT2D eigenvalue weighted by atomic mass is 10.1. The monoisotopic (exact) mass is 429 g/mol. The average Bonchev–Trinajstić information content (AvgIpc) is 2.54. The third-order valence-electron chi connectivity index (χ3n) is 3.29. The molecule has 160 valence electrons. The maximum Gasteiger partial charge on any atom is 0.537 e. The number of rotatable bonds is 13. The fourth-order valence-electron chi connectivity index (χ4n) is 1.87. The third-order valence-corrected chi connectivity index (χ3v) is 6.14. The summed E-state index contributed by atoms with van der Waals surface area (Å²) in [5.74, 6) is 0. The second-order valence-corrected chi connectivity index (χ2v) is 9.62. The van der Waals surface area contributed by atoms with Gasteiger partial charge in [-0.25, -0.2) is 9.13 Å². The molecule has 0 amide bonds. The van der Waals surface area contributed by atoms with Crippen molar-refractivity contribution in [1.29, 1.82) is 0 Å². The fraction of sp³-hybridized carbons (Fsp3) is 0.600. The molecule has 0 aliphatic rings. The van der Waals surface area contributed by atoms with Gasteiger partial charge in [0.1, 0.15) is 0 Å². The lowest BCUT2D eigenvalue weighted by molar-refractivity contribution is -0.500. The molecular formula is C15H33N3O7P2. The number of allylic oxidation sites excluding steroid dienone is 5. The molecule has 27 heavy (non-hydrogen) atoms. The summed E-state index contributed by atoms with van der Waals surface area (Å²) in [6, 6.07) is 0. The first-order chi connectivity index (χ1) is 12.0. The molecule has 8 N–H and O–H groups in total. The Morgan fingerprint density at radius 3 is 1.93 bits per heavy atom. The van der Waals surface area contributed by atoms with Crippen LogP contribution in [0.1, 0.15) is 53.4 Å². The number of nitrogens with two attached hydrogens (primary N) is 2. The van der Waals surface area contributed by atoms with E-state index in [0.717, 1.165) is 31.3 Å². The van der Waals surface area contributed by atoms with Crippen molar-refractivity contribution in [3.8, 4) is 0 Å². The first-order valence-corrected chi connectivity index (χ1v) is 11.4. The van der Waals surface area contributed by atoms with Crippen LogP contribution in [0.3, 0.4) is 0 Å². The Hall–Kier alpha value is -0.640. The third kappa shape index (κ3) is 15.0. The number of hydrogen-bond donors (Lipinski definition) is 3. The minimum absolute atomic E-state index is 0. The summed E-state index contributed by atoms with van der Waals surface area (Å²) in [5.41, 5.74) is 3.52. The quantitative estimate of drug-likeness (QED) is 0.227. The Morgan fingerprint density at radius 1 is 0.926 bits per heavy atom. The molecule has 0 heterocycles. The molecule has 0 bridgehead atoms. The van der Waals surface area contributed by atoms with Crippen LogP contribution >= 0.6 is 15.5 Å². The Bertz CT molecular complexity index is 617. The SMILES string of the molecule is CC(C)=CCC/C(C)=C/CC/C(C)=C/COP(=O)([NH2+][O-])OP(=O)([O-])[NH2+][O-].[NH4+]. The van der Waals surface area contributed by atoms with Gasteiger partial charge in [-0.2, -0.15) is 4.31 Å². The van der Waals surface area contributed by atoms with Crippen molar-refractivity contribution in [2.24, 2.45) is 0 Å². The molecule has 0 rings (SSSR count). The molecule has 0 radical (unpaired) electrons. The van der Waals surface area contributed by atoms with E-state index in [2.05, 4.69) is 37.2 Å². The largest absolute Gasteiger partial charge is 0.729 e. The maximum atomic E-state index is 11.8. The lowest BCUT2D eigenvalue weighted by Gasteiger charge is -2.24. The van der Waals surface area contributed by atoms with Gasteiger partial charge in [0.15, 0.2) is 0 Å². The summed E-state index contributed by atoms with van der Waals surface area (Å²) in [6.07, 6.45) is 9.51. The fourth-order valence-corrected chi connectivity index (χ4v) is 3.98. The molecule has 10 nitrogen and oxygen atoms in total. The lowest BCUT2D eigenvalue weighted by Crippen LogP contribution is -2.77. The zero-order chi connectivity index (χ0) is 20.2. The first kappa shape index (κ1) is 28.6. The molecule has 0 fully saturated rings. The molecule has 0 aliphatic carbocycles. The normalized spacial score (nSPS) is 16.9. The van der Waals surface area contributed by atoms with Crippen molar-refractivity contribution in [2.45, 2.75) is 53.4 Å². The maximum absolute atomic E-state index is 11.8. The summed E-state index contributed by atoms with van der Waals surface area (Å²) in [7, 11) is -9.51. The topological polar surface area (TPSA) is 192 Å². The number of hydrogen-bond acceptors (Lipinski definition) is 7. The predicted molar refractivity (Wildman–Crippen MR) is 104 cm³/mol. The molecule has 0 saturated carbocycles. The summed E-state index contributed by atoms with van der Waals surface area (Å²) < 4.78 is 31.5. The van der Waals surface area contributed by atoms with Crippen molar-refractivity contribution < 1.29 is 33.4 Å². The van der Waals surface area contributed by atoms with Gasteiger partial charge in [0, 0.05) is 0 Å². The van der Waals surface area contributed by atoms with Gasteiger partial charge in [0.25, 0.3) is 0 Å². The molecular weight excluding hydrogens is 396 g/mol. The van der Waals surface area contributed by atoms with Crippen LogP contribution in [0.5, 0.6) is 0 Å². The highest BCUT2D eigenvalue weighted by Crippen LogP contribution is 2.48. The van der Waals surface area contributed by atoms with Crippen LogP contribution in [0, 0.1) is 10.4 Å². The molecule has 0 spiro atoms. The van der Waals surface area contributed by atoms with E-state index in [-0.39, 0.29) is 18.0 Å². The molecule has 12 heteroatoms. The minimum atomic E-state index is -5.00. The first-order valence-electron chi connectivity index (χ1n) is 8.17. The Balaban J connectivity index is 0. The summed E-state index contributed by atoms with van der Waals surface area (Å²) in [5, 5.41) is 20.3. The molecule has 0 aliphatic heterocycles. The smallest absolute Gasteiger partial charge is 0.537 e. The Morgan fingerprint density at radius 2 is 1.44 bits per heavy atom. The van der Waals surface area contributed by atoms with Gasteiger partial charge in [-0.15, -0.1) is 0 Å². The van der Waals surface area contributed by atoms with E-state index in [0.29, 0.717) is 0 Å². The molecule has 0 aromatic heterocycles. The summed E-state index contributed by atoms with van der Waals surface area (Å²) in [4.78, 5) is 11.0. The molecule has 0 saturated heterocycles. The van der Waals surface area contributed by atoms with Crippen molar-refractivity contribution in [3.05, 3.63) is 45.4 Å².